The third-order valence-corrected chi connectivity index (χ3v) is 4.47. The summed E-state index contributed by atoms with van der Waals surface area (Å²) in [6, 6.07) is 7.16. The maximum Gasteiger partial charge on any atom is 0.224 e. The van der Waals surface area contributed by atoms with E-state index in [1.165, 1.54) is 4.90 Å². The number of aliphatic hydroxyl groups is 1. The van der Waals surface area contributed by atoms with Crippen LogP contribution in [0.25, 0.3) is 0 Å². The van der Waals surface area contributed by atoms with Crippen molar-refractivity contribution in [1.82, 2.24) is 4.90 Å². The van der Waals surface area contributed by atoms with Crippen molar-refractivity contribution in [2.45, 2.75) is 24.8 Å². The lowest BCUT2D eigenvalue weighted by Gasteiger charge is -2.16. The smallest absolute Gasteiger partial charge is 0.224 e. The standard InChI is InChI=1S/C12H16N2O4S/c13-19(17,18)11-5-12(16)14(7-11)6-9-1-3-10(8-15)4-2-9/h1-4,11,15H,5-8H2,(H2,13,17,18). The van der Waals surface area contributed by atoms with E-state index >= 15 is 0 Å². The maximum absolute atomic E-state index is 11.7. The fraction of sp³-hybridized carbons (Fsp3) is 0.417. The maximum atomic E-state index is 11.7. The average molecular weight is 284 g/mol. The van der Waals surface area contributed by atoms with Crippen molar-refractivity contribution < 1.29 is 18.3 Å². The largest absolute Gasteiger partial charge is 0.392 e. The first-order valence-electron chi connectivity index (χ1n) is 5.88. The molecule has 6 nitrogen and oxygen atoms in total. The van der Waals surface area contributed by atoms with Crippen molar-refractivity contribution in [3.8, 4) is 0 Å². The van der Waals surface area contributed by atoms with E-state index in [-0.39, 0.29) is 25.5 Å². The van der Waals surface area contributed by atoms with Crippen molar-refractivity contribution in [2.75, 3.05) is 6.54 Å². The van der Waals surface area contributed by atoms with Crippen molar-refractivity contribution in [3.63, 3.8) is 0 Å². The second-order valence-corrected chi connectivity index (χ2v) is 6.51. The molecular weight excluding hydrogens is 268 g/mol. The summed E-state index contributed by atoms with van der Waals surface area (Å²) in [4.78, 5) is 13.2. The van der Waals surface area contributed by atoms with E-state index in [9.17, 15) is 13.2 Å². The Kier molecular flexibility index (Phi) is 3.88. The highest BCUT2D eigenvalue weighted by atomic mass is 32.2. The van der Waals surface area contributed by atoms with Crippen LogP contribution in [0.4, 0.5) is 0 Å². The van der Waals surface area contributed by atoms with Crippen LogP contribution in [-0.4, -0.2) is 36.1 Å². The highest BCUT2D eigenvalue weighted by molar-refractivity contribution is 7.89. The lowest BCUT2D eigenvalue weighted by atomic mass is 10.1. The van der Waals surface area contributed by atoms with Gasteiger partial charge in [-0.1, -0.05) is 24.3 Å². The van der Waals surface area contributed by atoms with Crippen molar-refractivity contribution in [1.29, 1.82) is 0 Å². The molecular formula is C12H16N2O4S. The average Bonchev–Trinajstić information content (AvgIpc) is 2.72. The van der Waals surface area contributed by atoms with E-state index < -0.39 is 15.3 Å². The summed E-state index contributed by atoms with van der Waals surface area (Å²) in [6.07, 6.45) is -0.0481. The van der Waals surface area contributed by atoms with Gasteiger partial charge in [0.1, 0.15) is 5.25 Å². The molecule has 1 heterocycles. The lowest BCUT2D eigenvalue weighted by Crippen LogP contribution is -2.31. The van der Waals surface area contributed by atoms with Crippen LogP contribution in [0, 0.1) is 0 Å². The molecule has 0 radical (unpaired) electrons. The number of likely N-dealkylation sites (tertiary alicyclic amines) is 1. The van der Waals surface area contributed by atoms with Crippen LogP contribution in [0.1, 0.15) is 17.5 Å². The third-order valence-electron chi connectivity index (χ3n) is 3.22. The van der Waals surface area contributed by atoms with E-state index in [0.29, 0.717) is 6.54 Å². The predicted molar refractivity (Wildman–Crippen MR) is 69.3 cm³/mol. The Morgan fingerprint density at radius 2 is 1.84 bits per heavy atom. The van der Waals surface area contributed by atoms with Gasteiger partial charge in [0.05, 0.1) is 6.61 Å². The molecule has 1 aromatic rings. The fourth-order valence-electron chi connectivity index (χ4n) is 2.08. The normalized spacial score (nSPS) is 20.0. The first kappa shape index (κ1) is 14.0. The topological polar surface area (TPSA) is 101 Å². The molecule has 1 fully saturated rings. The molecule has 1 aliphatic heterocycles. The quantitative estimate of drug-likeness (QED) is 0.783. The molecule has 1 amide bonds. The summed E-state index contributed by atoms with van der Waals surface area (Å²) >= 11 is 0. The summed E-state index contributed by atoms with van der Waals surface area (Å²) in [5.74, 6) is -0.203. The van der Waals surface area contributed by atoms with Crippen LogP contribution in [0.15, 0.2) is 24.3 Å². The number of carbonyl (C=O) groups is 1. The first-order valence-corrected chi connectivity index (χ1v) is 7.49. The highest BCUT2D eigenvalue weighted by Gasteiger charge is 2.36. The monoisotopic (exact) mass is 284 g/mol. The molecule has 0 aromatic heterocycles. The van der Waals surface area contributed by atoms with Crippen LogP contribution < -0.4 is 5.14 Å². The SMILES string of the molecule is NS(=O)(=O)C1CC(=O)N(Cc2ccc(CO)cc2)C1. The number of sulfonamides is 1. The van der Waals surface area contributed by atoms with Gasteiger partial charge in [0, 0.05) is 19.5 Å². The van der Waals surface area contributed by atoms with E-state index in [4.69, 9.17) is 10.2 Å². The summed E-state index contributed by atoms with van der Waals surface area (Å²) in [5, 5.41) is 13.2. The fourth-order valence-corrected chi connectivity index (χ4v) is 2.84. The molecule has 7 heteroatoms. The second kappa shape index (κ2) is 5.28. The van der Waals surface area contributed by atoms with Crippen LogP contribution in [0.5, 0.6) is 0 Å². The Morgan fingerprint density at radius 3 is 2.32 bits per heavy atom. The van der Waals surface area contributed by atoms with Gasteiger partial charge in [-0.15, -0.1) is 0 Å². The number of nitrogens with zero attached hydrogens (tertiary/aromatic N) is 1. The van der Waals surface area contributed by atoms with E-state index in [2.05, 4.69) is 0 Å². The van der Waals surface area contributed by atoms with Crippen molar-refractivity contribution in [2.24, 2.45) is 5.14 Å². The zero-order chi connectivity index (χ0) is 14.0. The molecule has 1 atom stereocenters. The predicted octanol–water partition coefficient (Wildman–Crippen LogP) is -0.432. The highest BCUT2D eigenvalue weighted by Crippen LogP contribution is 2.19. The molecule has 1 aliphatic rings. The van der Waals surface area contributed by atoms with E-state index in [0.717, 1.165) is 11.1 Å². The summed E-state index contributed by atoms with van der Waals surface area (Å²) in [6.45, 7) is 0.465. The zero-order valence-electron chi connectivity index (χ0n) is 10.3. The molecule has 1 aromatic carbocycles. The zero-order valence-corrected chi connectivity index (χ0v) is 11.1. The second-order valence-electron chi connectivity index (χ2n) is 4.66. The van der Waals surface area contributed by atoms with Gasteiger partial charge >= 0.3 is 0 Å². The van der Waals surface area contributed by atoms with Gasteiger partial charge in [0.15, 0.2) is 0 Å². The number of hydrogen-bond donors (Lipinski definition) is 2. The molecule has 19 heavy (non-hydrogen) atoms. The molecule has 0 aliphatic carbocycles. The first-order chi connectivity index (χ1) is 8.90. The summed E-state index contributed by atoms with van der Waals surface area (Å²) in [5.41, 5.74) is 1.68. The minimum atomic E-state index is -3.67. The number of benzene rings is 1. The van der Waals surface area contributed by atoms with Crippen molar-refractivity contribution >= 4 is 15.9 Å². The van der Waals surface area contributed by atoms with E-state index in [1.54, 1.807) is 12.1 Å². The minimum Gasteiger partial charge on any atom is -0.392 e. The third kappa shape index (κ3) is 3.31. The van der Waals surface area contributed by atoms with Gasteiger partial charge in [0.2, 0.25) is 15.9 Å². The Morgan fingerprint density at radius 1 is 1.26 bits per heavy atom. The van der Waals surface area contributed by atoms with Crippen LogP contribution in [0.2, 0.25) is 0 Å². The van der Waals surface area contributed by atoms with Gasteiger partial charge in [-0.2, -0.15) is 0 Å². The lowest BCUT2D eigenvalue weighted by molar-refractivity contribution is -0.128. The van der Waals surface area contributed by atoms with Crippen LogP contribution in [-0.2, 0) is 28.0 Å². The molecule has 0 saturated carbocycles. The number of amides is 1. The number of primary sulfonamides is 1. The Bertz CT molecular complexity index is 568. The Balaban J connectivity index is 2.05. The van der Waals surface area contributed by atoms with Gasteiger partial charge in [-0.05, 0) is 11.1 Å². The number of hydrogen-bond acceptors (Lipinski definition) is 4. The molecule has 1 saturated heterocycles. The van der Waals surface area contributed by atoms with E-state index in [1.807, 2.05) is 12.1 Å². The molecule has 1 unspecified atom stereocenters. The van der Waals surface area contributed by atoms with Gasteiger partial charge in [0.25, 0.3) is 0 Å². The van der Waals surface area contributed by atoms with Gasteiger partial charge in [-0.25, -0.2) is 13.6 Å². The molecule has 0 spiro atoms. The minimum absolute atomic E-state index is 0.0313. The van der Waals surface area contributed by atoms with Crippen LogP contribution >= 0.6 is 0 Å². The number of rotatable bonds is 4. The summed E-state index contributed by atoms with van der Waals surface area (Å²) in [7, 11) is -3.67. The Hall–Kier alpha value is -1.44. The number of nitrogens with two attached hydrogens (primary N) is 1. The number of carbonyl (C=O) groups excluding carboxylic acids is 1. The summed E-state index contributed by atoms with van der Waals surface area (Å²) < 4.78 is 22.5. The van der Waals surface area contributed by atoms with Crippen LogP contribution in [0.3, 0.4) is 0 Å². The molecule has 104 valence electrons. The van der Waals surface area contributed by atoms with Gasteiger partial charge in [-0.3, -0.25) is 4.79 Å². The number of aliphatic hydroxyl groups excluding tert-OH is 1. The Labute approximate surface area is 111 Å². The van der Waals surface area contributed by atoms with Crippen molar-refractivity contribution in [3.05, 3.63) is 35.4 Å². The molecule has 3 N–H and O–H groups in total. The molecule has 2 rings (SSSR count). The molecule has 0 bridgehead atoms. The van der Waals surface area contributed by atoms with Gasteiger partial charge < -0.3 is 10.0 Å².